The minimum atomic E-state index is -0.284. The normalized spacial score (nSPS) is 22.2. The van der Waals surface area contributed by atoms with E-state index >= 15 is 0 Å². The number of carbonyl (C=O) groups excluding carboxylic acids is 2. The van der Waals surface area contributed by atoms with Crippen LogP contribution in [0.4, 0.5) is 0 Å². The number of para-hydroxylation sites is 2. The number of aromatic nitrogens is 1. The number of nitrogens with zero attached hydrogens (tertiary/aromatic N) is 2. The van der Waals surface area contributed by atoms with E-state index in [1.165, 1.54) is 4.88 Å². The molecule has 6 nitrogen and oxygen atoms in total. The van der Waals surface area contributed by atoms with Gasteiger partial charge >= 0.3 is 0 Å². The van der Waals surface area contributed by atoms with Gasteiger partial charge in [0.05, 0.1) is 0 Å². The quantitative estimate of drug-likeness (QED) is 0.625. The Bertz CT molecular complexity index is 1040. The predicted octanol–water partition coefficient (Wildman–Crippen LogP) is 4.27. The van der Waals surface area contributed by atoms with E-state index in [0.29, 0.717) is 19.3 Å². The van der Waals surface area contributed by atoms with Crippen molar-refractivity contribution >= 4 is 34.3 Å². The molecule has 1 aromatic carbocycles. The number of hydrogen-bond donors (Lipinski definition) is 1. The Kier molecular flexibility index (Phi) is 5.52. The molecule has 2 aliphatic rings. The van der Waals surface area contributed by atoms with E-state index in [1.54, 1.807) is 11.3 Å². The number of piperidine rings is 1. The summed E-state index contributed by atoms with van der Waals surface area (Å²) in [6, 6.07) is 12.0. The number of amides is 2. The number of thiophene rings is 1. The van der Waals surface area contributed by atoms with Gasteiger partial charge in [-0.15, -0.1) is 11.3 Å². The van der Waals surface area contributed by atoms with Gasteiger partial charge in [-0.2, -0.15) is 0 Å². The highest BCUT2D eigenvalue weighted by atomic mass is 32.1. The molecule has 0 spiro atoms. The lowest BCUT2D eigenvalue weighted by molar-refractivity contribution is -0.133. The Morgan fingerprint density at radius 1 is 1.23 bits per heavy atom. The Morgan fingerprint density at radius 2 is 2.06 bits per heavy atom. The second kappa shape index (κ2) is 8.46. The van der Waals surface area contributed by atoms with Crippen molar-refractivity contribution in [3.8, 4) is 0 Å². The van der Waals surface area contributed by atoms with Gasteiger partial charge < -0.3 is 14.6 Å². The molecular formula is C24H27N3O3S. The monoisotopic (exact) mass is 437 g/mol. The first-order chi connectivity index (χ1) is 15.1. The number of likely N-dealkylation sites (tertiary alicyclic amines) is 1. The second-order valence-electron chi connectivity index (χ2n) is 8.76. The van der Waals surface area contributed by atoms with Crippen LogP contribution in [0.5, 0.6) is 0 Å². The highest BCUT2D eigenvalue weighted by Gasteiger charge is 2.38. The minimum absolute atomic E-state index is 0.100. The lowest BCUT2D eigenvalue weighted by atomic mass is 9.87. The molecule has 1 atom stereocenters. The number of hydrogen-bond acceptors (Lipinski definition) is 5. The Balaban J connectivity index is 1.17. The molecule has 5 rings (SSSR count). The van der Waals surface area contributed by atoms with Crippen molar-refractivity contribution < 1.29 is 14.0 Å². The molecule has 0 bridgehead atoms. The molecular weight excluding hydrogens is 410 g/mol. The third-order valence-electron chi connectivity index (χ3n) is 6.65. The third kappa shape index (κ3) is 4.37. The van der Waals surface area contributed by atoms with Gasteiger partial charge in [0.1, 0.15) is 5.52 Å². The summed E-state index contributed by atoms with van der Waals surface area (Å²) in [5, 5.41) is 5.24. The van der Waals surface area contributed by atoms with Gasteiger partial charge in [-0.05, 0) is 49.3 Å². The van der Waals surface area contributed by atoms with E-state index < -0.39 is 0 Å². The summed E-state index contributed by atoms with van der Waals surface area (Å²) in [6.45, 7) is 1.46. The van der Waals surface area contributed by atoms with Crippen LogP contribution in [0.2, 0.25) is 0 Å². The first kappa shape index (κ1) is 20.2. The Labute approximate surface area is 185 Å². The number of oxazole rings is 1. The van der Waals surface area contributed by atoms with Crippen molar-refractivity contribution in [2.45, 2.75) is 56.4 Å². The maximum Gasteiger partial charge on any atom is 0.222 e. The van der Waals surface area contributed by atoms with Crippen LogP contribution in [0.25, 0.3) is 11.1 Å². The first-order valence-corrected chi connectivity index (χ1v) is 11.9. The van der Waals surface area contributed by atoms with Gasteiger partial charge in [0, 0.05) is 48.7 Å². The van der Waals surface area contributed by atoms with E-state index in [1.807, 2.05) is 35.2 Å². The van der Waals surface area contributed by atoms with Crippen LogP contribution in [0.3, 0.4) is 0 Å². The molecule has 162 valence electrons. The Morgan fingerprint density at radius 3 is 2.77 bits per heavy atom. The Hall–Kier alpha value is -2.67. The van der Waals surface area contributed by atoms with Crippen molar-refractivity contribution in [3.63, 3.8) is 0 Å². The molecule has 31 heavy (non-hydrogen) atoms. The van der Waals surface area contributed by atoms with Crippen molar-refractivity contribution in [3.05, 3.63) is 52.5 Å². The van der Waals surface area contributed by atoms with Gasteiger partial charge in [-0.25, -0.2) is 4.98 Å². The number of rotatable bonds is 6. The van der Waals surface area contributed by atoms with Gasteiger partial charge in [0.15, 0.2) is 11.5 Å². The molecule has 2 aromatic heterocycles. The molecule has 7 heteroatoms. The molecule has 3 aromatic rings. The predicted molar refractivity (Wildman–Crippen MR) is 120 cm³/mol. The molecule has 0 radical (unpaired) electrons. The summed E-state index contributed by atoms with van der Waals surface area (Å²) in [4.78, 5) is 32.8. The van der Waals surface area contributed by atoms with Crippen LogP contribution >= 0.6 is 11.3 Å². The van der Waals surface area contributed by atoms with Crippen LogP contribution in [-0.4, -0.2) is 40.3 Å². The van der Waals surface area contributed by atoms with Crippen LogP contribution in [0, 0.1) is 0 Å². The molecule has 2 amide bonds. The highest BCUT2D eigenvalue weighted by Crippen LogP contribution is 2.33. The number of benzene rings is 1. The zero-order valence-electron chi connectivity index (χ0n) is 17.5. The van der Waals surface area contributed by atoms with Crippen LogP contribution < -0.4 is 5.32 Å². The molecule has 1 unspecified atom stereocenters. The fraction of sp³-hybridized carbons (Fsp3) is 0.458. The molecule has 2 aliphatic heterocycles. The van der Waals surface area contributed by atoms with Gasteiger partial charge in [-0.1, -0.05) is 18.2 Å². The lowest BCUT2D eigenvalue weighted by Crippen LogP contribution is -2.45. The summed E-state index contributed by atoms with van der Waals surface area (Å²) in [5.41, 5.74) is 1.44. The molecule has 2 saturated heterocycles. The standard InChI is InChI=1S/C24H27N3O3S/c28-21-7-11-24(26-21,16-18-4-3-15-31-18)12-8-22(29)27-13-9-17(10-14-27)23-25-19-5-1-2-6-20(19)30-23/h1-6,15,17H,7-14,16H2,(H,26,28). The van der Waals surface area contributed by atoms with Crippen molar-refractivity contribution in [2.75, 3.05) is 13.1 Å². The summed E-state index contributed by atoms with van der Waals surface area (Å²) >= 11 is 1.71. The van der Waals surface area contributed by atoms with E-state index in [9.17, 15) is 9.59 Å². The van der Waals surface area contributed by atoms with Crippen molar-refractivity contribution in [2.24, 2.45) is 0 Å². The maximum atomic E-state index is 12.9. The molecule has 2 fully saturated rings. The minimum Gasteiger partial charge on any atom is -0.440 e. The largest absolute Gasteiger partial charge is 0.440 e. The van der Waals surface area contributed by atoms with Gasteiger partial charge in [-0.3, -0.25) is 9.59 Å². The van der Waals surface area contributed by atoms with Crippen LogP contribution in [-0.2, 0) is 16.0 Å². The van der Waals surface area contributed by atoms with Crippen LogP contribution in [0.15, 0.2) is 46.2 Å². The lowest BCUT2D eigenvalue weighted by Gasteiger charge is -2.33. The smallest absolute Gasteiger partial charge is 0.222 e. The summed E-state index contributed by atoms with van der Waals surface area (Å²) < 4.78 is 5.94. The molecule has 4 heterocycles. The second-order valence-corrected chi connectivity index (χ2v) is 9.79. The summed E-state index contributed by atoms with van der Waals surface area (Å²) in [6.07, 6.45) is 5.07. The fourth-order valence-corrected chi connectivity index (χ4v) is 5.72. The number of carbonyl (C=O) groups is 2. The average Bonchev–Trinajstić information content (AvgIpc) is 3.53. The van der Waals surface area contributed by atoms with E-state index in [-0.39, 0.29) is 23.3 Å². The van der Waals surface area contributed by atoms with Crippen molar-refractivity contribution in [1.82, 2.24) is 15.2 Å². The third-order valence-corrected chi connectivity index (χ3v) is 7.53. The van der Waals surface area contributed by atoms with Gasteiger partial charge in [0.2, 0.25) is 11.8 Å². The SMILES string of the molecule is O=C1CCC(CCC(=O)N2CCC(c3nc4ccccc4o3)CC2)(Cc2cccs2)N1. The zero-order chi connectivity index (χ0) is 21.3. The fourth-order valence-electron chi connectivity index (χ4n) is 4.87. The van der Waals surface area contributed by atoms with Gasteiger partial charge in [0.25, 0.3) is 0 Å². The highest BCUT2D eigenvalue weighted by molar-refractivity contribution is 7.09. The topological polar surface area (TPSA) is 75.4 Å². The molecule has 1 N–H and O–H groups in total. The zero-order valence-corrected chi connectivity index (χ0v) is 18.3. The van der Waals surface area contributed by atoms with E-state index in [4.69, 9.17) is 4.42 Å². The number of fused-ring (bicyclic) bond motifs is 1. The van der Waals surface area contributed by atoms with Crippen molar-refractivity contribution in [1.29, 1.82) is 0 Å². The maximum absolute atomic E-state index is 12.9. The van der Waals surface area contributed by atoms with Crippen LogP contribution in [0.1, 0.15) is 55.2 Å². The van der Waals surface area contributed by atoms with E-state index in [0.717, 1.165) is 55.8 Å². The number of nitrogens with one attached hydrogen (secondary N) is 1. The summed E-state index contributed by atoms with van der Waals surface area (Å²) in [5.74, 6) is 1.33. The average molecular weight is 438 g/mol. The summed E-state index contributed by atoms with van der Waals surface area (Å²) in [7, 11) is 0. The first-order valence-electron chi connectivity index (χ1n) is 11.1. The van der Waals surface area contributed by atoms with E-state index in [2.05, 4.69) is 21.7 Å². The molecule has 0 aliphatic carbocycles. The molecule has 0 saturated carbocycles.